The zero-order valence-electron chi connectivity index (χ0n) is 9.70. The molecule has 1 rings (SSSR count). The van der Waals surface area contributed by atoms with Crippen LogP contribution in [0, 0.1) is 0 Å². The second-order valence-electron chi connectivity index (χ2n) is 3.90. The van der Waals surface area contributed by atoms with Gasteiger partial charge < -0.3 is 5.32 Å². The number of halogens is 1. The van der Waals surface area contributed by atoms with Gasteiger partial charge in [-0.2, -0.15) is 0 Å². The Morgan fingerprint density at radius 3 is 2.88 bits per heavy atom. The van der Waals surface area contributed by atoms with E-state index in [4.69, 9.17) is 11.6 Å². The van der Waals surface area contributed by atoms with Gasteiger partial charge in [-0.05, 0) is 30.7 Å². The van der Waals surface area contributed by atoms with Crippen LogP contribution in [0.2, 0.25) is 5.02 Å². The van der Waals surface area contributed by atoms with E-state index in [9.17, 15) is 4.21 Å². The standard InChI is InChI=1S/C12H18ClNOS/c1-10(16(2)15)6-7-14-9-11-4-3-5-12(13)8-11/h3-5,8,10,14H,6-7,9H2,1-2H3. The Bertz CT molecular complexity index is 357. The number of benzene rings is 1. The smallest absolute Gasteiger partial charge is 0.0409 e. The molecule has 0 bridgehead atoms. The summed E-state index contributed by atoms with van der Waals surface area (Å²) in [7, 11) is -0.723. The lowest BCUT2D eigenvalue weighted by atomic mass is 10.2. The van der Waals surface area contributed by atoms with Gasteiger partial charge in [0.15, 0.2) is 0 Å². The summed E-state index contributed by atoms with van der Waals surface area (Å²) in [5.41, 5.74) is 1.18. The van der Waals surface area contributed by atoms with E-state index >= 15 is 0 Å². The highest BCUT2D eigenvalue weighted by atomic mass is 35.5. The zero-order valence-corrected chi connectivity index (χ0v) is 11.3. The van der Waals surface area contributed by atoms with E-state index in [-0.39, 0.29) is 5.25 Å². The third kappa shape index (κ3) is 5.10. The summed E-state index contributed by atoms with van der Waals surface area (Å²) in [5, 5.41) is 4.34. The maximum atomic E-state index is 11.1. The Morgan fingerprint density at radius 2 is 2.25 bits per heavy atom. The minimum Gasteiger partial charge on any atom is -0.313 e. The van der Waals surface area contributed by atoms with Gasteiger partial charge >= 0.3 is 0 Å². The molecule has 1 aromatic carbocycles. The van der Waals surface area contributed by atoms with E-state index in [1.54, 1.807) is 6.26 Å². The van der Waals surface area contributed by atoms with Gasteiger partial charge in [0.25, 0.3) is 0 Å². The van der Waals surface area contributed by atoms with Crippen molar-refractivity contribution in [2.45, 2.75) is 25.1 Å². The van der Waals surface area contributed by atoms with Crippen molar-refractivity contribution in [2.75, 3.05) is 12.8 Å². The highest BCUT2D eigenvalue weighted by molar-refractivity contribution is 7.84. The topological polar surface area (TPSA) is 29.1 Å². The summed E-state index contributed by atoms with van der Waals surface area (Å²) in [6.45, 7) is 3.70. The normalized spacial score (nSPS) is 14.7. The Hall–Kier alpha value is -0.380. The molecule has 0 amide bonds. The van der Waals surface area contributed by atoms with Gasteiger partial charge in [0.2, 0.25) is 0 Å². The molecule has 0 saturated carbocycles. The molecule has 2 unspecified atom stereocenters. The van der Waals surface area contributed by atoms with Crippen LogP contribution in [-0.4, -0.2) is 22.3 Å². The summed E-state index contributed by atoms with van der Waals surface area (Å²) in [6.07, 6.45) is 2.69. The van der Waals surface area contributed by atoms with Crippen LogP contribution >= 0.6 is 11.6 Å². The highest BCUT2D eigenvalue weighted by Crippen LogP contribution is 2.10. The van der Waals surface area contributed by atoms with Crippen molar-refractivity contribution in [1.29, 1.82) is 0 Å². The van der Waals surface area contributed by atoms with Crippen molar-refractivity contribution < 1.29 is 4.21 Å². The van der Waals surface area contributed by atoms with Gasteiger partial charge in [-0.1, -0.05) is 30.7 Å². The predicted molar refractivity (Wildman–Crippen MR) is 71.3 cm³/mol. The summed E-state index contributed by atoms with van der Waals surface area (Å²) >= 11 is 5.88. The van der Waals surface area contributed by atoms with E-state index in [1.165, 1.54) is 5.56 Å². The molecular formula is C12H18ClNOS. The molecule has 0 heterocycles. The van der Waals surface area contributed by atoms with Crippen molar-refractivity contribution in [2.24, 2.45) is 0 Å². The van der Waals surface area contributed by atoms with Gasteiger partial charge in [-0.15, -0.1) is 0 Å². The van der Waals surface area contributed by atoms with Gasteiger partial charge in [-0.25, -0.2) is 0 Å². The van der Waals surface area contributed by atoms with Gasteiger partial charge in [-0.3, -0.25) is 4.21 Å². The molecule has 0 radical (unpaired) electrons. The lowest BCUT2D eigenvalue weighted by molar-refractivity contribution is 0.629. The molecule has 0 saturated heterocycles. The molecule has 0 aromatic heterocycles. The predicted octanol–water partition coefficient (Wildman–Crippen LogP) is 2.59. The molecule has 0 aliphatic carbocycles. The Balaban J connectivity index is 2.23. The fourth-order valence-electron chi connectivity index (χ4n) is 1.35. The van der Waals surface area contributed by atoms with E-state index in [2.05, 4.69) is 5.32 Å². The summed E-state index contributed by atoms with van der Waals surface area (Å²) < 4.78 is 11.1. The maximum absolute atomic E-state index is 11.1. The largest absolute Gasteiger partial charge is 0.313 e. The first-order valence-electron chi connectivity index (χ1n) is 5.37. The molecule has 0 aliphatic heterocycles. The first kappa shape index (κ1) is 13.7. The van der Waals surface area contributed by atoms with Gasteiger partial charge in [0, 0.05) is 33.9 Å². The molecule has 0 aliphatic rings. The summed E-state index contributed by atoms with van der Waals surface area (Å²) in [4.78, 5) is 0. The van der Waals surface area contributed by atoms with E-state index in [0.29, 0.717) is 0 Å². The zero-order chi connectivity index (χ0) is 12.0. The van der Waals surface area contributed by atoms with Crippen LogP contribution < -0.4 is 5.32 Å². The fraction of sp³-hybridized carbons (Fsp3) is 0.500. The SMILES string of the molecule is CC(CCNCc1cccc(Cl)c1)S(C)=O. The number of hydrogen-bond donors (Lipinski definition) is 1. The molecular weight excluding hydrogens is 242 g/mol. The quantitative estimate of drug-likeness (QED) is 0.796. The van der Waals surface area contributed by atoms with Crippen LogP contribution in [0.15, 0.2) is 24.3 Å². The molecule has 1 aromatic rings. The van der Waals surface area contributed by atoms with Crippen LogP contribution in [0.25, 0.3) is 0 Å². The third-order valence-electron chi connectivity index (χ3n) is 2.51. The minimum atomic E-state index is -0.723. The maximum Gasteiger partial charge on any atom is 0.0409 e. The Labute approximate surface area is 105 Å². The van der Waals surface area contributed by atoms with Crippen LogP contribution in [0.4, 0.5) is 0 Å². The molecule has 4 heteroatoms. The van der Waals surface area contributed by atoms with E-state index in [0.717, 1.165) is 24.5 Å². The second kappa shape index (κ2) is 7.05. The lowest BCUT2D eigenvalue weighted by Gasteiger charge is -2.09. The molecule has 90 valence electrons. The fourth-order valence-corrected chi connectivity index (χ4v) is 2.01. The van der Waals surface area contributed by atoms with Crippen molar-refractivity contribution in [3.63, 3.8) is 0 Å². The molecule has 16 heavy (non-hydrogen) atoms. The van der Waals surface area contributed by atoms with Crippen LogP contribution in [0.1, 0.15) is 18.9 Å². The van der Waals surface area contributed by atoms with E-state index < -0.39 is 10.8 Å². The Morgan fingerprint density at radius 1 is 1.50 bits per heavy atom. The monoisotopic (exact) mass is 259 g/mol. The van der Waals surface area contributed by atoms with Crippen molar-refractivity contribution in [1.82, 2.24) is 5.32 Å². The highest BCUT2D eigenvalue weighted by Gasteiger charge is 2.04. The average molecular weight is 260 g/mol. The van der Waals surface area contributed by atoms with Crippen molar-refractivity contribution >= 4 is 22.4 Å². The van der Waals surface area contributed by atoms with Crippen molar-refractivity contribution in [3.8, 4) is 0 Å². The first-order chi connectivity index (χ1) is 7.59. The number of hydrogen-bond acceptors (Lipinski definition) is 2. The molecule has 0 fully saturated rings. The van der Waals surface area contributed by atoms with Gasteiger partial charge in [0.1, 0.15) is 0 Å². The second-order valence-corrected chi connectivity index (χ2v) is 6.14. The van der Waals surface area contributed by atoms with E-state index in [1.807, 2.05) is 31.2 Å². The molecule has 0 spiro atoms. The van der Waals surface area contributed by atoms with Crippen LogP contribution in [0.5, 0.6) is 0 Å². The van der Waals surface area contributed by atoms with Crippen molar-refractivity contribution in [3.05, 3.63) is 34.9 Å². The minimum absolute atomic E-state index is 0.256. The van der Waals surface area contributed by atoms with Gasteiger partial charge in [0.05, 0.1) is 0 Å². The van der Waals surface area contributed by atoms with Crippen LogP contribution in [-0.2, 0) is 17.3 Å². The lowest BCUT2D eigenvalue weighted by Crippen LogP contribution is -2.20. The summed E-state index contributed by atoms with van der Waals surface area (Å²) in [5.74, 6) is 0. The van der Waals surface area contributed by atoms with Crippen LogP contribution in [0.3, 0.4) is 0 Å². The Kier molecular flexibility index (Phi) is 6.03. The molecule has 2 atom stereocenters. The molecule has 2 nitrogen and oxygen atoms in total. The number of nitrogens with one attached hydrogen (secondary N) is 1. The summed E-state index contributed by atoms with van der Waals surface area (Å²) in [6, 6.07) is 7.81. The molecule has 1 N–H and O–H groups in total. The number of rotatable bonds is 6. The average Bonchev–Trinajstić information content (AvgIpc) is 2.24. The third-order valence-corrected chi connectivity index (χ3v) is 4.12. The first-order valence-corrected chi connectivity index (χ1v) is 7.37.